The van der Waals surface area contributed by atoms with E-state index in [4.69, 9.17) is 4.74 Å². The van der Waals surface area contributed by atoms with Crippen molar-refractivity contribution in [1.82, 2.24) is 0 Å². The normalized spacial score (nSPS) is 10.1. The van der Waals surface area contributed by atoms with E-state index in [9.17, 15) is 29.7 Å². The van der Waals surface area contributed by atoms with E-state index in [0.717, 1.165) is 12.1 Å². The first-order chi connectivity index (χ1) is 11.8. The monoisotopic (exact) mass is 346 g/mol. The topological polar surface area (TPSA) is 130 Å². The molecule has 0 amide bonds. The van der Waals surface area contributed by atoms with E-state index in [1.807, 2.05) is 0 Å². The van der Waals surface area contributed by atoms with Gasteiger partial charge in [0.05, 0.1) is 12.2 Å². The molecule has 0 saturated heterocycles. The van der Waals surface area contributed by atoms with Crippen LogP contribution in [-0.2, 0) is 9.53 Å². The van der Waals surface area contributed by atoms with Crippen LogP contribution < -0.4 is 4.74 Å². The summed E-state index contributed by atoms with van der Waals surface area (Å²) >= 11 is 0. The molecule has 0 heterocycles. The van der Waals surface area contributed by atoms with Gasteiger partial charge in [0.15, 0.2) is 0 Å². The molecule has 8 nitrogen and oxygen atoms in total. The Morgan fingerprint density at radius 1 is 0.960 bits per heavy atom. The molecule has 0 aliphatic carbocycles. The minimum absolute atomic E-state index is 0.0372. The van der Waals surface area contributed by atoms with E-state index >= 15 is 0 Å². The number of ketones is 1. The fourth-order valence-corrected chi connectivity index (χ4v) is 1.95. The molecule has 0 atom stereocenters. The Hall–Kier alpha value is -3.55. The van der Waals surface area contributed by atoms with Gasteiger partial charge in [-0.05, 0) is 31.2 Å². The number of carbonyl (C=O) groups excluding carboxylic acids is 3. The average Bonchev–Trinajstić information content (AvgIpc) is 2.54. The maximum atomic E-state index is 12.1. The number of rotatable bonds is 5. The van der Waals surface area contributed by atoms with Gasteiger partial charge in [-0.2, -0.15) is 0 Å². The van der Waals surface area contributed by atoms with Crippen LogP contribution >= 0.6 is 0 Å². The van der Waals surface area contributed by atoms with Crippen molar-refractivity contribution in [3.8, 4) is 23.0 Å². The van der Waals surface area contributed by atoms with Crippen molar-refractivity contribution in [2.75, 3.05) is 6.61 Å². The number of benzene rings is 2. The highest BCUT2D eigenvalue weighted by molar-refractivity contribution is 6.42. The molecular formula is C17H14O8. The van der Waals surface area contributed by atoms with Gasteiger partial charge in [-0.1, -0.05) is 0 Å². The Bertz CT molecular complexity index is 823. The molecular weight excluding hydrogens is 332 g/mol. The van der Waals surface area contributed by atoms with Crippen LogP contribution in [0.3, 0.4) is 0 Å². The van der Waals surface area contributed by atoms with Gasteiger partial charge in [0, 0.05) is 12.1 Å². The van der Waals surface area contributed by atoms with Gasteiger partial charge in [0.25, 0.3) is 5.78 Å². The summed E-state index contributed by atoms with van der Waals surface area (Å²) in [5, 5.41) is 28.6. The third-order valence-electron chi connectivity index (χ3n) is 3.06. The van der Waals surface area contributed by atoms with E-state index in [0.29, 0.717) is 0 Å². The third-order valence-corrected chi connectivity index (χ3v) is 3.06. The molecule has 2 aromatic rings. The zero-order chi connectivity index (χ0) is 18.6. The van der Waals surface area contributed by atoms with E-state index in [1.165, 1.54) is 31.2 Å². The molecule has 0 radical (unpaired) electrons. The van der Waals surface area contributed by atoms with Crippen molar-refractivity contribution in [2.45, 2.75) is 6.92 Å². The Labute approximate surface area is 141 Å². The zero-order valence-corrected chi connectivity index (χ0v) is 13.1. The summed E-state index contributed by atoms with van der Waals surface area (Å²) in [6.07, 6.45) is 0. The summed E-state index contributed by atoms with van der Waals surface area (Å²) in [6, 6.07) is 6.78. The average molecular weight is 346 g/mol. The summed E-state index contributed by atoms with van der Waals surface area (Å²) in [4.78, 5) is 35.8. The number of ether oxygens (including phenoxy) is 2. The lowest BCUT2D eigenvalue weighted by Crippen LogP contribution is -2.20. The largest absolute Gasteiger partial charge is 0.508 e. The van der Waals surface area contributed by atoms with Crippen molar-refractivity contribution in [1.29, 1.82) is 0 Å². The Kier molecular flexibility index (Phi) is 5.23. The summed E-state index contributed by atoms with van der Waals surface area (Å²) in [7, 11) is 0. The lowest BCUT2D eigenvalue weighted by atomic mass is 10.1. The standard InChI is InChI=1S/C17H14O8/c1-2-24-17(23)15(21)14-12(20)7-11(19)8-13(14)25-16(22)9-3-5-10(18)6-4-9/h3-8,18-20H,2H2,1H3. The van der Waals surface area contributed by atoms with Crippen molar-refractivity contribution in [3.05, 3.63) is 47.5 Å². The minimum atomic E-state index is -1.24. The molecule has 2 aromatic carbocycles. The lowest BCUT2D eigenvalue weighted by Gasteiger charge is -2.11. The predicted octanol–water partition coefficient (Wildman–Crippen LogP) is 1.77. The quantitative estimate of drug-likeness (QED) is 0.323. The van der Waals surface area contributed by atoms with Crippen LogP contribution in [0.15, 0.2) is 36.4 Å². The molecule has 130 valence electrons. The molecule has 8 heteroatoms. The van der Waals surface area contributed by atoms with Crippen LogP contribution in [0.2, 0.25) is 0 Å². The van der Waals surface area contributed by atoms with Gasteiger partial charge in [-0.25, -0.2) is 9.59 Å². The lowest BCUT2D eigenvalue weighted by molar-refractivity contribution is -0.137. The second-order valence-electron chi connectivity index (χ2n) is 4.82. The molecule has 25 heavy (non-hydrogen) atoms. The van der Waals surface area contributed by atoms with E-state index in [-0.39, 0.29) is 17.9 Å². The van der Waals surface area contributed by atoms with E-state index < -0.39 is 40.5 Å². The second-order valence-corrected chi connectivity index (χ2v) is 4.82. The predicted molar refractivity (Wildman–Crippen MR) is 83.8 cm³/mol. The zero-order valence-electron chi connectivity index (χ0n) is 13.1. The third kappa shape index (κ3) is 4.05. The van der Waals surface area contributed by atoms with Crippen LogP contribution in [0, 0.1) is 0 Å². The van der Waals surface area contributed by atoms with Gasteiger partial charge < -0.3 is 24.8 Å². The first-order valence-electron chi connectivity index (χ1n) is 7.12. The number of hydrogen-bond donors (Lipinski definition) is 3. The van der Waals surface area contributed by atoms with E-state index in [2.05, 4.69) is 4.74 Å². The number of hydrogen-bond acceptors (Lipinski definition) is 8. The van der Waals surface area contributed by atoms with Gasteiger partial charge in [-0.15, -0.1) is 0 Å². The van der Waals surface area contributed by atoms with Crippen LogP contribution in [-0.4, -0.2) is 39.6 Å². The van der Waals surface area contributed by atoms with Crippen molar-refractivity contribution in [2.24, 2.45) is 0 Å². The van der Waals surface area contributed by atoms with Crippen molar-refractivity contribution < 1.29 is 39.2 Å². The SMILES string of the molecule is CCOC(=O)C(=O)c1c(O)cc(O)cc1OC(=O)c1ccc(O)cc1. The molecule has 2 rings (SSSR count). The van der Waals surface area contributed by atoms with Gasteiger partial charge in [-0.3, -0.25) is 4.79 Å². The number of carbonyl (C=O) groups is 3. The summed E-state index contributed by atoms with van der Waals surface area (Å²) < 4.78 is 9.58. The molecule has 0 saturated carbocycles. The number of esters is 2. The summed E-state index contributed by atoms with van der Waals surface area (Å²) in [5.74, 6) is -5.20. The Morgan fingerprint density at radius 3 is 2.20 bits per heavy atom. The van der Waals surface area contributed by atoms with Crippen LogP contribution in [0.1, 0.15) is 27.6 Å². The maximum absolute atomic E-state index is 12.1. The Morgan fingerprint density at radius 2 is 1.60 bits per heavy atom. The number of phenols is 3. The molecule has 0 aliphatic rings. The first-order valence-corrected chi connectivity index (χ1v) is 7.12. The first kappa shape index (κ1) is 17.8. The second kappa shape index (κ2) is 7.35. The summed E-state index contributed by atoms with van der Waals surface area (Å²) in [5.41, 5.74) is -0.571. The minimum Gasteiger partial charge on any atom is -0.508 e. The molecule has 0 aliphatic heterocycles. The Balaban J connectivity index is 2.39. The highest BCUT2D eigenvalue weighted by Gasteiger charge is 2.27. The highest BCUT2D eigenvalue weighted by atomic mass is 16.5. The van der Waals surface area contributed by atoms with Crippen LogP contribution in [0.4, 0.5) is 0 Å². The van der Waals surface area contributed by atoms with Crippen LogP contribution in [0.5, 0.6) is 23.0 Å². The molecule has 0 spiro atoms. The maximum Gasteiger partial charge on any atom is 0.379 e. The molecule has 0 unspecified atom stereocenters. The number of Topliss-reactive ketones (excluding diaryl/α,β-unsaturated/α-hetero) is 1. The molecule has 0 fully saturated rings. The number of aromatic hydroxyl groups is 3. The number of phenolic OH excluding ortho intramolecular Hbond substituents is 3. The van der Waals surface area contributed by atoms with Crippen LogP contribution in [0.25, 0.3) is 0 Å². The molecule has 0 aromatic heterocycles. The summed E-state index contributed by atoms with van der Waals surface area (Å²) in [6.45, 7) is 1.43. The smallest absolute Gasteiger partial charge is 0.379 e. The molecule has 3 N–H and O–H groups in total. The molecule has 0 bridgehead atoms. The van der Waals surface area contributed by atoms with Gasteiger partial charge in [0.1, 0.15) is 28.6 Å². The fourth-order valence-electron chi connectivity index (χ4n) is 1.95. The van der Waals surface area contributed by atoms with Crippen molar-refractivity contribution in [3.63, 3.8) is 0 Å². The fraction of sp³-hybridized carbons (Fsp3) is 0.118. The highest BCUT2D eigenvalue weighted by Crippen LogP contribution is 2.34. The van der Waals surface area contributed by atoms with Gasteiger partial charge >= 0.3 is 11.9 Å². The van der Waals surface area contributed by atoms with E-state index in [1.54, 1.807) is 0 Å². The van der Waals surface area contributed by atoms with Gasteiger partial charge in [0.2, 0.25) is 0 Å². The van der Waals surface area contributed by atoms with Crippen molar-refractivity contribution >= 4 is 17.7 Å².